The minimum Gasteiger partial charge on any atom is -0.166 e. The number of alkyl halides is 4. The van der Waals surface area contributed by atoms with Gasteiger partial charge >= 0.3 is 6.18 Å². The van der Waals surface area contributed by atoms with E-state index in [2.05, 4.69) is 29.8 Å². The van der Waals surface area contributed by atoms with Gasteiger partial charge in [-0.25, -0.2) is 0 Å². The van der Waals surface area contributed by atoms with E-state index >= 15 is 0 Å². The number of halogens is 4. The summed E-state index contributed by atoms with van der Waals surface area (Å²) in [6.07, 6.45) is -1.42. The first-order valence-corrected chi connectivity index (χ1v) is 7.21. The maximum absolute atomic E-state index is 12.4. The van der Waals surface area contributed by atoms with Crippen molar-refractivity contribution in [2.45, 2.75) is 39.3 Å². The number of benzene rings is 1. The van der Waals surface area contributed by atoms with E-state index in [4.69, 9.17) is 0 Å². The van der Waals surface area contributed by atoms with Crippen LogP contribution < -0.4 is 0 Å². The van der Waals surface area contributed by atoms with E-state index in [1.165, 1.54) is 12.1 Å². The van der Waals surface area contributed by atoms with Crippen molar-refractivity contribution in [1.82, 2.24) is 0 Å². The third kappa shape index (κ3) is 3.74. The summed E-state index contributed by atoms with van der Waals surface area (Å²) in [6, 6.07) is 5.51. The van der Waals surface area contributed by atoms with E-state index in [1.54, 1.807) is 12.1 Å². The van der Waals surface area contributed by atoms with E-state index in [0.717, 1.165) is 30.2 Å². The van der Waals surface area contributed by atoms with Crippen LogP contribution in [0, 0.1) is 5.41 Å². The van der Waals surface area contributed by atoms with Crippen molar-refractivity contribution in [1.29, 1.82) is 0 Å². The Hall–Kier alpha value is -0.510. The number of hydrogen-bond donors (Lipinski definition) is 0. The molecule has 0 heterocycles. The fraction of sp³-hybridized carbons (Fsp3) is 0.571. The van der Waals surface area contributed by atoms with Gasteiger partial charge in [0.05, 0.1) is 5.56 Å². The van der Waals surface area contributed by atoms with Crippen LogP contribution in [0.25, 0.3) is 0 Å². The molecule has 0 aliphatic heterocycles. The molecule has 0 aliphatic rings. The predicted molar refractivity (Wildman–Crippen MR) is 72.0 cm³/mol. The molecular weight excluding hydrogens is 305 g/mol. The lowest BCUT2D eigenvalue weighted by Gasteiger charge is -2.29. The summed E-state index contributed by atoms with van der Waals surface area (Å²) in [5.41, 5.74) is 0.523. The first-order valence-electron chi connectivity index (χ1n) is 6.09. The van der Waals surface area contributed by atoms with Crippen molar-refractivity contribution in [3.63, 3.8) is 0 Å². The van der Waals surface area contributed by atoms with Crippen LogP contribution in [-0.2, 0) is 12.6 Å². The molecule has 1 rings (SSSR count). The number of hydrogen-bond acceptors (Lipinski definition) is 0. The lowest BCUT2D eigenvalue weighted by atomic mass is 9.79. The molecule has 0 radical (unpaired) electrons. The second-order valence-corrected chi connectivity index (χ2v) is 5.27. The zero-order valence-corrected chi connectivity index (χ0v) is 12.2. The van der Waals surface area contributed by atoms with Gasteiger partial charge in [-0.3, -0.25) is 0 Å². The van der Waals surface area contributed by atoms with Crippen LogP contribution in [0.15, 0.2) is 24.3 Å². The standard InChI is InChI=1S/C14H18BrF3/c1-3-13(4-2,10-15)9-11-5-7-12(8-6-11)14(16,17)18/h5-8H,3-4,9-10H2,1-2H3. The minimum atomic E-state index is -4.25. The molecule has 0 aliphatic carbocycles. The predicted octanol–water partition coefficient (Wildman–Crippen LogP) is 5.45. The molecule has 0 spiro atoms. The van der Waals surface area contributed by atoms with Crippen molar-refractivity contribution in [2.24, 2.45) is 5.41 Å². The first kappa shape index (κ1) is 15.5. The molecule has 0 atom stereocenters. The Balaban J connectivity index is 2.86. The average Bonchev–Trinajstić information content (AvgIpc) is 2.36. The summed E-state index contributed by atoms with van der Waals surface area (Å²) in [5, 5.41) is 0.869. The van der Waals surface area contributed by atoms with Crippen LogP contribution >= 0.6 is 15.9 Å². The van der Waals surface area contributed by atoms with E-state index in [9.17, 15) is 13.2 Å². The van der Waals surface area contributed by atoms with Gasteiger partial charge in [0.25, 0.3) is 0 Å². The molecule has 0 fully saturated rings. The molecule has 4 heteroatoms. The fourth-order valence-electron chi connectivity index (χ4n) is 1.98. The summed E-state index contributed by atoms with van der Waals surface area (Å²) >= 11 is 3.52. The third-order valence-electron chi connectivity index (χ3n) is 3.64. The molecule has 1 aromatic carbocycles. The van der Waals surface area contributed by atoms with Gasteiger partial charge in [-0.1, -0.05) is 41.9 Å². The lowest BCUT2D eigenvalue weighted by molar-refractivity contribution is -0.137. The minimum absolute atomic E-state index is 0.139. The Morgan fingerprint density at radius 2 is 1.50 bits per heavy atom. The van der Waals surface area contributed by atoms with Gasteiger partial charge in [-0.05, 0) is 42.4 Å². The molecular formula is C14H18BrF3. The van der Waals surface area contributed by atoms with Crippen molar-refractivity contribution < 1.29 is 13.2 Å². The van der Waals surface area contributed by atoms with Gasteiger partial charge in [0.1, 0.15) is 0 Å². The van der Waals surface area contributed by atoms with Gasteiger partial charge in [0.2, 0.25) is 0 Å². The molecule has 0 amide bonds. The van der Waals surface area contributed by atoms with Crippen LogP contribution in [0.5, 0.6) is 0 Å². The monoisotopic (exact) mass is 322 g/mol. The Labute approximate surface area is 115 Å². The molecule has 102 valence electrons. The van der Waals surface area contributed by atoms with Crippen molar-refractivity contribution in [3.8, 4) is 0 Å². The van der Waals surface area contributed by atoms with Crippen molar-refractivity contribution in [3.05, 3.63) is 35.4 Å². The van der Waals surface area contributed by atoms with Gasteiger partial charge < -0.3 is 0 Å². The van der Waals surface area contributed by atoms with Gasteiger partial charge in [-0.15, -0.1) is 0 Å². The summed E-state index contributed by atoms with van der Waals surface area (Å²) in [5.74, 6) is 0. The van der Waals surface area contributed by atoms with Crippen molar-refractivity contribution in [2.75, 3.05) is 5.33 Å². The normalized spacial score (nSPS) is 12.8. The lowest BCUT2D eigenvalue weighted by Crippen LogP contribution is -2.23. The first-order chi connectivity index (χ1) is 8.37. The Morgan fingerprint density at radius 1 is 1.00 bits per heavy atom. The highest BCUT2D eigenvalue weighted by Gasteiger charge is 2.30. The maximum atomic E-state index is 12.4. The Kier molecular flexibility index (Phi) is 5.26. The highest BCUT2D eigenvalue weighted by atomic mass is 79.9. The zero-order chi connectivity index (χ0) is 13.8. The SMILES string of the molecule is CCC(CC)(CBr)Cc1ccc(C(F)(F)F)cc1. The summed E-state index contributed by atoms with van der Waals surface area (Å²) < 4.78 is 37.3. The second-order valence-electron chi connectivity index (χ2n) is 4.71. The third-order valence-corrected chi connectivity index (χ3v) is 4.83. The molecule has 0 nitrogen and oxygen atoms in total. The molecule has 0 N–H and O–H groups in total. The van der Waals surface area contributed by atoms with Gasteiger partial charge in [0, 0.05) is 5.33 Å². The molecule has 1 aromatic rings. The van der Waals surface area contributed by atoms with Gasteiger partial charge in [0.15, 0.2) is 0 Å². The summed E-state index contributed by atoms with van der Waals surface area (Å²) in [6.45, 7) is 4.24. The van der Waals surface area contributed by atoms with Crippen LogP contribution in [0.2, 0.25) is 0 Å². The Morgan fingerprint density at radius 3 is 1.83 bits per heavy atom. The molecule has 0 saturated heterocycles. The average molecular weight is 323 g/mol. The fourth-order valence-corrected chi connectivity index (χ4v) is 2.97. The van der Waals surface area contributed by atoms with Crippen LogP contribution in [-0.4, -0.2) is 5.33 Å². The topological polar surface area (TPSA) is 0 Å². The molecule has 0 saturated carbocycles. The molecule has 18 heavy (non-hydrogen) atoms. The highest BCUT2D eigenvalue weighted by Crippen LogP contribution is 2.34. The van der Waals surface area contributed by atoms with Crippen LogP contribution in [0.4, 0.5) is 13.2 Å². The molecule has 0 unspecified atom stereocenters. The Bertz CT molecular complexity index is 355. The maximum Gasteiger partial charge on any atom is 0.416 e. The molecule has 0 bridgehead atoms. The van der Waals surface area contributed by atoms with E-state index in [-0.39, 0.29) is 5.41 Å². The highest BCUT2D eigenvalue weighted by molar-refractivity contribution is 9.09. The quantitative estimate of drug-likeness (QED) is 0.632. The summed E-state index contributed by atoms with van der Waals surface area (Å²) in [4.78, 5) is 0. The largest absolute Gasteiger partial charge is 0.416 e. The van der Waals surface area contributed by atoms with Gasteiger partial charge in [-0.2, -0.15) is 13.2 Å². The van der Waals surface area contributed by atoms with E-state index < -0.39 is 11.7 Å². The van der Waals surface area contributed by atoms with Crippen LogP contribution in [0.1, 0.15) is 37.8 Å². The van der Waals surface area contributed by atoms with E-state index in [1.807, 2.05) is 0 Å². The second kappa shape index (κ2) is 6.09. The van der Waals surface area contributed by atoms with Crippen molar-refractivity contribution >= 4 is 15.9 Å². The zero-order valence-electron chi connectivity index (χ0n) is 10.6. The molecule has 0 aromatic heterocycles. The van der Waals surface area contributed by atoms with Crippen LogP contribution in [0.3, 0.4) is 0 Å². The van der Waals surface area contributed by atoms with E-state index in [0.29, 0.717) is 0 Å². The number of rotatable bonds is 5. The summed E-state index contributed by atoms with van der Waals surface area (Å²) in [7, 11) is 0. The smallest absolute Gasteiger partial charge is 0.166 e.